The third-order valence-corrected chi connectivity index (χ3v) is 6.45. The fraction of sp³-hybridized carbons (Fsp3) is 0.643. The van der Waals surface area contributed by atoms with Crippen molar-refractivity contribution in [2.24, 2.45) is 11.3 Å². The van der Waals surface area contributed by atoms with E-state index in [0.717, 1.165) is 11.3 Å². The van der Waals surface area contributed by atoms with Crippen LogP contribution in [0.1, 0.15) is 73.3 Å². The van der Waals surface area contributed by atoms with Gasteiger partial charge in [0.15, 0.2) is 0 Å². The van der Waals surface area contributed by atoms with Crippen LogP contribution in [0.4, 0.5) is 10.5 Å². The number of aliphatic hydroxyl groups is 1. The molecule has 4 N–H and O–H groups in total. The number of carbonyl (C=O) groups excluding carboxylic acids is 3. The molecule has 1 aromatic rings. The van der Waals surface area contributed by atoms with Gasteiger partial charge in [-0.3, -0.25) is 14.4 Å². The molecule has 0 aromatic heterocycles. The number of aliphatic hydroxyl groups excluding tert-OH is 1. The number of carboxylic acids is 1. The maximum absolute atomic E-state index is 13.6. The van der Waals surface area contributed by atoms with Crippen molar-refractivity contribution in [2.45, 2.75) is 97.9 Å². The topological polar surface area (TPSA) is 145 Å². The average Bonchev–Trinajstić information content (AvgIpc) is 2.75. The zero-order valence-corrected chi connectivity index (χ0v) is 23.5. The first-order chi connectivity index (χ1) is 17.5. The summed E-state index contributed by atoms with van der Waals surface area (Å²) in [6, 6.07) is 6.53. The first kappa shape index (κ1) is 31.1. The fourth-order valence-corrected chi connectivity index (χ4v) is 4.76. The molecule has 0 saturated carbocycles. The van der Waals surface area contributed by atoms with Crippen molar-refractivity contribution in [2.75, 3.05) is 11.4 Å². The molecule has 1 aliphatic heterocycles. The average molecular weight is 534 g/mol. The minimum absolute atomic E-state index is 0.0717. The number of para-hydroxylation sites is 1. The van der Waals surface area contributed by atoms with Crippen LogP contribution in [0.15, 0.2) is 24.3 Å². The zero-order valence-electron chi connectivity index (χ0n) is 23.5. The van der Waals surface area contributed by atoms with E-state index in [0.29, 0.717) is 13.0 Å². The summed E-state index contributed by atoms with van der Waals surface area (Å²) >= 11 is 0. The van der Waals surface area contributed by atoms with E-state index in [2.05, 4.69) is 10.6 Å². The number of rotatable bonds is 10. The summed E-state index contributed by atoms with van der Waals surface area (Å²) < 4.78 is 5.36. The Morgan fingerprint density at radius 1 is 1.13 bits per heavy atom. The van der Waals surface area contributed by atoms with Crippen molar-refractivity contribution >= 4 is 29.6 Å². The molecule has 4 atom stereocenters. The minimum atomic E-state index is -1.16. The van der Waals surface area contributed by atoms with Crippen molar-refractivity contribution in [3.63, 3.8) is 0 Å². The Kier molecular flexibility index (Phi) is 10.3. The molecular formula is C28H43N3O7. The number of ether oxygens (including phenoxy) is 1. The normalized spacial score (nSPS) is 18.0. The predicted molar refractivity (Wildman–Crippen MR) is 144 cm³/mol. The van der Waals surface area contributed by atoms with Gasteiger partial charge in [0, 0.05) is 25.6 Å². The zero-order chi connectivity index (χ0) is 28.8. The fourth-order valence-electron chi connectivity index (χ4n) is 4.76. The molecule has 3 amide bonds. The molecule has 0 saturated heterocycles. The molecule has 1 aliphatic rings. The summed E-state index contributed by atoms with van der Waals surface area (Å²) in [5.74, 6) is -2.19. The summed E-state index contributed by atoms with van der Waals surface area (Å²) in [6.45, 7) is 12.2. The van der Waals surface area contributed by atoms with Gasteiger partial charge >= 0.3 is 12.1 Å². The van der Waals surface area contributed by atoms with Gasteiger partial charge in [0.2, 0.25) is 11.8 Å². The molecule has 0 radical (unpaired) electrons. The number of alkyl carbamates (subject to hydrolysis) is 1. The number of aliphatic carboxylic acids is 1. The van der Waals surface area contributed by atoms with Crippen LogP contribution in [0, 0.1) is 11.3 Å². The van der Waals surface area contributed by atoms with Crippen molar-refractivity contribution in [3.8, 4) is 0 Å². The molecular weight excluding hydrogens is 490 g/mol. The van der Waals surface area contributed by atoms with Crippen LogP contribution in [0.2, 0.25) is 0 Å². The molecule has 2 rings (SSSR count). The maximum atomic E-state index is 13.6. The van der Waals surface area contributed by atoms with Crippen molar-refractivity contribution in [3.05, 3.63) is 29.8 Å². The third-order valence-electron chi connectivity index (χ3n) is 6.45. The highest BCUT2D eigenvalue weighted by Gasteiger charge is 2.36. The second-order valence-electron chi connectivity index (χ2n) is 12.1. The van der Waals surface area contributed by atoms with Crippen LogP contribution in [-0.2, 0) is 25.5 Å². The predicted octanol–water partition coefficient (Wildman–Crippen LogP) is 3.25. The number of fused-ring (bicyclic) bond motifs is 1. The summed E-state index contributed by atoms with van der Waals surface area (Å²) in [5.41, 5.74) is 0.325. The van der Waals surface area contributed by atoms with E-state index < -0.39 is 41.1 Å². The molecule has 10 nitrogen and oxygen atoms in total. The number of carbonyl (C=O) groups is 4. The second-order valence-corrected chi connectivity index (χ2v) is 12.1. The van der Waals surface area contributed by atoms with Gasteiger partial charge in [-0.25, -0.2) is 4.79 Å². The molecule has 1 aromatic carbocycles. The second kappa shape index (κ2) is 12.6. The van der Waals surface area contributed by atoms with Gasteiger partial charge in [0.25, 0.3) is 0 Å². The molecule has 10 heteroatoms. The lowest BCUT2D eigenvalue weighted by atomic mass is 9.79. The van der Waals surface area contributed by atoms with Crippen LogP contribution in [0.25, 0.3) is 0 Å². The van der Waals surface area contributed by atoms with Gasteiger partial charge in [-0.2, -0.15) is 0 Å². The van der Waals surface area contributed by atoms with Gasteiger partial charge in [0.05, 0.1) is 24.1 Å². The van der Waals surface area contributed by atoms with E-state index in [1.165, 1.54) is 13.8 Å². The van der Waals surface area contributed by atoms with Gasteiger partial charge in [-0.1, -0.05) is 39.0 Å². The molecule has 0 unspecified atom stereocenters. The Labute approximate surface area is 225 Å². The molecule has 212 valence electrons. The number of nitrogens with one attached hydrogen (secondary N) is 2. The number of carboxylic acid groups (broad SMARTS) is 1. The molecule has 0 spiro atoms. The van der Waals surface area contributed by atoms with E-state index in [4.69, 9.17) is 4.74 Å². The van der Waals surface area contributed by atoms with Gasteiger partial charge < -0.3 is 30.5 Å². The Balaban J connectivity index is 2.22. The number of benzene rings is 1. The van der Waals surface area contributed by atoms with E-state index in [-0.39, 0.29) is 37.1 Å². The quantitative estimate of drug-likeness (QED) is 0.361. The molecule has 0 bridgehead atoms. The summed E-state index contributed by atoms with van der Waals surface area (Å²) in [4.78, 5) is 50.9. The maximum Gasteiger partial charge on any atom is 0.407 e. The number of hydrogen-bond acceptors (Lipinski definition) is 6. The Hall–Kier alpha value is -3.14. The van der Waals surface area contributed by atoms with E-state index in [9.17, 15) is 29.4 Å². The van der Waals surface area contributed by atoms with Gasteiger partial charge in [0.1, 0.15) is 5.60 Å². The number of nitrogens with zero attached hydrogens (tertiary/aromatic N) is 1. The van der Waals surface area contributed by atoms with Crippen LogP contribution in [0.3, 0.4) is 0 Å². The van der Waals surface area contributed by atoms with Gasteiger partial charge in [-0.05, 0) is 57.1 Å². The van der Waals surface area contributed by atoms with Crippen LogP contribution in [0.5, 0.6) is 0 Å². The van der Waals surface area contributed by atoms with Crippen molar-refractivity contribution in [1.82, 2.24) is 10.6 Å². The molecule has 0 fully saturated rings. The summed E-state index contributed by atoms with van der Waals surface area (Å²) in [7, 11) is 0. The third kappa shape index (κ3) is 9.63. The lowest BCUT2D eigenvalue weighted by Gasteiger charge is -2.38. The van der Waals surface area contributed by atoms with E-state index in [1.807, 2.05) is 38.1 Å². The minimum Gasteiger partial charge on any atom is -0.481 e. The first-order valence-electron chi connectivity index (χ1n) is 13.0. The van der Waals surface area contributed by atoms with Crippen LogP contribution >= 0.6 is 0 Å². The van der Waals surface area contributed by atoms with Crippen LogP contribution in [-0.4, -0.2) is 64.4 Å². The molecule has 0 aliphatic carbocycles. The largest absolute Gasteiger partial charge is 0.481 e. The number of anilines is 1. The van der Waals surface area contributed by atoms with Crippen LogP contribution < -0.4 is 15.5 Å². The molecule has 38 heavy (non-hydrogen) atoms. The SMILES string of the molecule is CC(=O)N[C@@H]1Cc2ccccc2N(C(=O)CC(C)(C)C[C@H](NC(=O)OC(C)(C)C)[C@@H](O)C[C@@H](C)C(=O)O)C1. The monoisotopic (exact) mass is 533 g/mol. The summed E-state index contributed by atoms with van der Waals surface area (Å²) in [5, 5.41) is 25.8. The van der Waals surface area contributed by atoms with Gasteiger partial charge in [-0.15, -0.1) is 0 Å². The number of hydrogen-bond donors (Lipinski definition) is 4. The number of amides is 3. The standard InChI is InChI=1S/C28H43N3O7/c1-17(25(35)36)12-23(33)21(30-26(37)38-27(3,4)5)14-28(6,7)15-24(34)31-16-20(29-18(2)32)13-19-10-8-9-11-22(19)31/h8-11,17,20-21,23,33H,12-16H2,1-7H3,(H,29,32)(H,30,37)(H,35,36)/t17-,20-,21+,23+/m1/s1. The smallest absolute Gasteiger partial charge is 0.407 e. The highest BCUT2D eigenvalue weighted by Crippen LogP contribution is 2.33. The van der Waals surface area contributed by atoms with Crippen molar-refractivity contribution in [1.29, 1.82) is 0 Å². The molecule has 1 heterocycles. The van der Waals surface area contributed by atoms with E-state index >= 15 is 0 Å². The lowest BCUT2D eigenvalue weighted by Crippen LogP contribution is -2.51. The summed E-state index contributed by atoms with van der Waals surface area (Å²) in [6.07, 6.45) is -1.04. The Morgan fingerprint density at radius 3 is 2.34 bits per heavy atom. The Bertz CT molecular complexity index is 1020. The Morgan fingerprint density at radius 2 is 1.76 bits per heavy atom. The lowest BCUT2D eigenvalue weighted by molar-refractivity contribution is -0.142. The van der Waals surface area contributed by atoms with E-state index in [1.54, 1.807) is 25.7 Å². The highest BCUT2D eigenvalue weighted by atomic mass is 16.6. The first-order valence-corrected chi connectivity index (χ1v) is 13.0. The highest BCUT2D eigenvalue weighted by molar-refractivity contribution is 5.95. The van der Waals surface area contributed by atoms with Crippen molar-refractivity contribution < 1.29 is 34.1 Å².